The van der Waals surface area contributed by atoms with Gasteiger partial charge < -0.3 is 9.80 Å². The second-order valence-corrected chi connectivity index (χ2v) is 6.77. The molecule has 1 amide bonds. The fraction of sp³-hybridized carbons (Fsp3) is 0.222. The van der Waals surface area contributed by atoms with Crippen LogP contribution in [0.2, 0.25) is 0 Å². The Morgan fingerprint density at radius 3 is 2.40 bits per heavy atom. The van der Waals surface area contributed by atoms with E-state index in [9.17, 15) is 4.79 Å². The summed E-state index contributed by atoms with van der Waals surface area (Å²) in [5, 5.41) is 0. The molecule has 0 saturated carbocycles. The minimum atomic E-state index is -0.0679. The number of piperazine rings is 1. The molecule has 0 spiro atoms. The van der Waals surface area contributed by atoms with E-state index in [2.05, 4.69) is 35.8 Å². The van der Waals surface area contributed by atoms with E-state index < -0.39 is 0 Å². The Morgan fingerprint density at radius 1 is 0.920 bits per heavy atom. The third-order valence-electron chi connectivity index (χ3n) is 4.27. The standard InChI is InChI=1S/C18H16BrN5O/c19-13-5-6-17(21-11-13)23-7-9-24(10-8-23)18(25)16-12-20-14-3-1-2-4-15(14)22-16/h1-6,11-12H,7-10H2. The molecule has 4 rings (SSSR count). The van der Waals surface area contributed by atoms with Gasteiger partial charge in [0, 0.05) is 36.8 Å². The van der Waals surface area contributed by atoms with Crippen molar-refractivity contribution in [2.24, 2.45) is 0 Å². The topological polar surface area (TPSA) is 62.2 Å². The summed E-state index contributed by atoms with van der Waals surface area (Å²) >= 11 is 3.39. The van der Waals surface area contributed by atoms with Gasteiger partial charge in [0.1, 0.15) is 11.5 Å². The van der Waals surface area contributed by atoms with Crippen LogP contribution in [0.3, 0.4) is 0 Å². The lowest BCUT2D eigenvalue weighted by Crippen LogP contribution is -2.49. The van der Waals surface area contributed by atoms with Crippen LogP contribution in [0.1, 0.15) is 10.5 Å². The molecule has 0 aliphatic carbocycles. The molecule has 0 radical (unpaired) electrons. The maximum absolute atomic E-state index is 12.7. The molecule has 1 aliphatic rings. The van der Waals surface area contributed by atoms with Gasteiger partial charge in [-0.05, 0) is 40.2 Å². The number of hydrogen-bond donors (Lipinski definition) is 0. The van der Waals surface area contributed by atoms with Gasteiger partial charge in [0.15, 0.2) is 0 Å². The summed E-state index contributed by atoms with van der Waals surface area (Å²) in [5.74, 6) is 0.863. The van der Waals surface area contributed by atoms with E-state index in [1.54, 1.807) is 12.4 Å². The SMILES string of the molecule is O=C(c1cnc2ccccc2n1)N1CCN(c2ccc(Br)cn2)CC1. The summed E-state index contributed by atoms with van der Waals surface area (Å²) < 4.78 is 0.958. The molecule has 0 N–H and O–H groups in total. The van der Waals surface area contributed by atoms with Crippen molar-refractivity contribution < 1.29 is 4.79 Å². The molecule has 7 heteroatoms. The number of hydrogen-bond acceptors (Lipinski definition) is 5. The van der Waals surface area contributed by atoms with Gasteiger partial charge in [0.05, 0.1) is 17.2 Å². The third-order valence-corrected chi connectivity index (χ3v) is 4.74. The number of rotatable bonds is 2. The number of benzene rings is 1. The molecular formula is C18H16BrN5O. The van der Waals surface area contributed by atoms with Crippen molar-refractivity contribution in [3.8, 4) is 0 Å². The highest BCUT2D eigenvalue weighted by molar-refractivity contribution is 9.10. The lowest BCUT2D eigenvalue weighted by molar-refractivity contribution is 0.0740. The van der Waals surface area contributed by atoms with E-state index >= 15 is 0 Å². The van der Waals surface area contributed by atoms with Gasteiger partial charge >= 0.3 is 0 Å². The number of para-hydroxylation sites is 2. The number of fused-ring (bicyclic) bond motifs is 1. The number of amides is 1. The number of carbonyl (C=O) groups is 1. The van der Waals surface area contributed by atoms with Crippen molar-refractivity contribution in [1.82, 2.24) is 19.9 Å². The first-order valence-electron chi connectivity index (χ1n) is 8.08. The van der Waals surface area contributed by atoms with Gasteiger partial charge in [-0.2, -0.15) is 0 Å². The molecule has 0 bridgehead atoms. The molecule has 1 fully saturated rings. The fourth-order valence-corrected chi connectivity index (χ4v) is 3.15. The number of aromatic nitrogens is 3. The van der Waals surface area contributed by atoms with Crippen molar-refractivity contribution in [2.75, 3.05) is 31.1 Å². The predicted molar refractivity (Wildman–Crippen MR) is 99.6 cm³/mol. The summed E-state index contributed by atoms with van der Waals surface area (Å²) in [7, 11) is 0. The van der Waals surface area contributed by atoms with E-state index in [-0.39, 0.29) is 5.91 Å². The molecule has 3 aromatic rings. The highest BCUT2D eigenvalue weighted by atomic mass is 79.9. The quantitative estimate of drug-likeness (QED) is 0.665. The van der Waals surface area contributed by atoms with Crippen LogP contribution in [0.5, 0.6) is 0 Å². The average Bonchev–Trinajstić information content (AvgIpc) is 2.68. The molecule has 0 unspecified atom stereocenters. The zero-order valence-electron chi connectivity index (χ0n) is 13.5. The molecule has 2 aromatic heterocycles. The van der Waals surface area contributed by atoms with Gasteiger partial charge in [0.2, 0.25) is 0 Å². The number of anilines is 1. The Kier molecular flexibility index (Phi) is 4.31. The Hall–Kier alpha value is -2.54. The van der Waals surface area contributed by atoms with E-state index in [0.717, 1.165) is 34.4 Å². The number of nitrogens with zero attached hydrogens (tertiary/aromatic N) is 5. The summed E-state index contributed by atoms with van der Waals surface area (Å²) in [6, 6.07) is 11.5. The molecule has 1 aliphatic heterocycles. The molecule has 0 atom stereocenters. The van der Waals surface area contributed by atoms with E-state index in [1.165, 1.54) is 0 Å². The normalized spacial score (nSPS) is 14.8. The summed E-state index contributed by atoms with van der Waals surface area (Å²) in [6.45, 7) is 2.79. The van der Waals surface area contributed by atoms with E-state index in [0.29, 0.717) is 18.8 Å². The molecule has 3 heterocycles. The van der Waals surface area contributed by atoms with Crippen LogP contribution in [0.25, 0.3) is 11.0 Å². The van der Waals surface area contributed by atoms with Gasteiger partial charge in [-0.3, -0.25) is 9.78 Å². The zero-order valence-corrected chi connectivity index (χ0v) is 15.1. The van der Waals surface area contributed by atoms with Crippen LogP contribution in [-0.4, -0.2) is 51.9 Å². The molecule has 1 aromatic carbocycles. The van der Waals surface area contributed by atoms with Crippen LogP contribution < -0.4 is 4.90 Å². The fourth-order valence-electron chi connectivity index (χ4n) is 2.92. The minimum absolute atomic E-state index is 0.0679. The van der Waals surface area contributed by atoms with Crippen LogP contribution in [-0.2, 0) is 0 Å². The average molecular weight is 398 g/mol. The van der Waals surface area contributed by atoms with Crippen molar-refractivity contribution in [3.63, 3.8) is 0 Å². The predicted octanol–water partition coefficient (Wildman–Crippen LogP) is 2.75. The van der Waals surface area contributed by atoms with E-state index in [4.69, 9.17) is 0 Å². The first-order valence-corrected chi connectivity index (χ1v) is 8.87. The second-order valence-electron chi connectivity index (χ2n) is 5.86. The smallest absolute Gasteiger partial charge is 0.274 e. The molecule has 6 nitrogen and oxygen atoms in total. The molecule has 1 saturated heterocycles. The Labute approximate surface area is 153 Å². The van der Waals surface area contributed by atoms with Crippen molar-refractivity contribution in [2.45, 2.75) is 0 Å². The van der Waals surface area contributed by atoms with Crippen molar-refractivity contribution in [3.05, 3.63) is 59.0 Å². The molecule has 25 heavy (non-hydrogen) atoms. The number of carbonyl (C=O) groups excluding carboxylic acids is 1. The number of pyridine rings is 1. The van der Waals surface area contributed by atoms with Crippen molar-refractivity contribution in [1.29, 1.82) is 0 Å². The van der Waals surface area contributed by atoms with E-state index in [1.807, 2.05) is 41.3 Å². The van der Waals surface area contributed by atoms with Gasteiger partial charge in [0.25, 0.3) is 5.91 Å². The maximum atomic E-state index is 12.7. The Balaban J connectivity index is 1.46. The lowest BCUT2D eigenvalue weighted by Gasteiger charge is -2.35. The van der Waals surface area contributed by atoms with Gasteiger partial charge in [-0.15, -0.1) is 0 Å². The van der Waals surface area contributed by atoms with Gasteiger partial charge in [-0.1, -0.05) is 12.1 Å². The summed E-state index contributed by atoms with van der Waals surface area (Å²) in [4.78, 5) is 29.9. The monoisotopic (exact) mass is 397 g/mol. The van der Waals surface area contributed by atoms with Crippen molar-refractivity contribution >= 4 is 38.7 Å². The van der Waals surface area contributed by atoms with Crippen LogP contribution in [0.4, 0.5) is 5.82 Å². The Bertz CT molecular complexity index is 907. The first-order chi connectivity index (χ1) is 12.2. The van der Waals surface area contributed by atoms with Crippen LogP contribution in [0, 0.1) is 0 Å². The molecule has 126 valence electrons. The lowest BCUT2D eigenvalue weighted by atomic mass is 10.2. The highest BCUT2D eigenvalue weighted by Gasteiger charge is 2.24. The number of halogens is 1. The molecular weight excluding hydrogens is 382 g/mol. The minimum Gasteiger partial charge on any atom is -0.353 e. The highest BCUT2D eigenvalue weighted by Crippen LogP contribution is 2.17. The second kappa shape index (κ2) is 6.76. The first kappa shape index (κ1) is 16.0. The van der Waals surface area contributed by atoms with Crippen LogP contribution >= 0.6 is 15.9 Å². The zero-order chi connectivity index (χ0) is 17.2. The maximum Gasteiger partial charge on any atom is 0.274 e. The Morgan fingerprint density at radius 2 is 1.68 bits per heavy atom. The third kappa shape index (κ3) is 3.32. The van der Waals surface area contributed by atoms with Crippen LogP contribution in [0.15, 0.2) is 53.3 Å². The largest absolute Gasteiger partial charge is 0.353 e. The van der Waals surface area contributed by atoms with Gasteiger partial charge in [-0.25, -0.2) is 9.97 Å². The summed E-state index contributed by atoms with van der Waals surface area (Å²) in [5.41, 5.74) is 1.94. The summed E-state index contributed by atoms with van der Waals surface area (Å²) in [6.07, 6.45) is 3.35.